The third-order valence-corrected chi connectivity index (χ3v) is 4.33. The van der Waals surface area contributed by atoms with Gasteiger partial charge in [0, 0.05) is 25.3 Å². The fourth-order valence-electron chi connectivity index (χ4n) is 3.21. The maximum atomic E-state index is 12.2. The summed E-state index contributed by atoms with van der Waals surface area (Å²) in [6.45, 7) is 4.67. The van der Waals surface area contributed by atoms with Crippen molar-refractivity contribution in [3.05, 3.63) is 18.0 Å². The Labute approximate surface area is 119 Å². The minimum atomic E-state index is 0.0449. The first-order chi connectivity index (χ1) is 9.83. The first-order valence-corrected chi connectivity index (χ1v) is 7.58. The Morgan fingerprint density at radius 3 is 2.95 bits per heavy atom. The molecule has 2 aliphatic rings. The molecule has 3 heterocycles. The Morgan fingerprint density at radius 2 is 2.20 bits per heavy atom. The van der Waals surface area contributed by atoms with Crippen LogP contribution in [0.15, 0.2) is 12.3 Å². The van der Waals surface area contributed by atoms with Gasteiger partial charge in [-0.25, -0.2) is 4.79 Å². The lowest BCUT2D eigenvalue weighted by Crippen LogP contribution is -2.51. The van der Waals surface area contributed by atoms with Crippen LogP contribution in [-0.2, 0) is 6.54 Å². The number of likely N-dealkylation sites (tertiary alicyclic amines) is 2. The number of nitrogens with one attached hydrogen (secondary N) is 2. The molecule has 2 aliphatic heterocycles. The molecule has 20 heavy (non-hydrogen) atoms. The Kier molecular flexibility index (Phi) is 4.20. The number of aromatic amines is 1. The molecule has 2 amide bonds. The third-order valence-electron chi connectivity index (χ3n) is 4.33. The summed E-state index contributed by atoms with van der Waals surface area (Å²) >= 11 is 0. The van der Waals surface area contributed by atoms with Gasteiger partial charge in [-0.05, 0) is 44.8 Å². The number of aromatic nitrogens is 2. The maximum absolute atomic E-state index is 12.2. The molecular formula is C14H23N5O. The van der Waals surface area contributed by atoms with Crippen molar-refractivity contribution in [3.8, 4) is 0 Å². The average molecular weight is 277 g/mol. The lowest BCUT2D eigenvalue weighted by atomic mass is 10.0. The topological polar surface area (TPSA) is 64.3 Å². The van der Waals surface area contributed by atoms with E-state index >= 15 is 0 Å². The summed E-state index contributed by atoms with van der Waals surface area (Å²) in [4.78, 5) is 16.7. The van der Waals surface area contributed by atoms with Gasteiger partial charge >= 0.3 is 6.03 Å². The molecule has 1 aromatic rings. The van der Waals surface area contributed by atoms with Gasteiger partial charge in [-0.1, -0.05) is 0 Å². The molecule has 6 nitrogen and oxygen atoms in total. The summed E-state index contributed by atoms with van der Waals surface area (Å²) in [6.07, 6.45) is 6.65. The fraction of sp³-hybridized carbons (Fsp3) is 0.714. The van der Waals surface area contributed by atoms with E-state index in [1.807, 2.05) is 11.0 Å². The van der Waals surface area contributed by atoms with Crippen molar-refractivity contribution >= 4 is 6.03 Å². The predicted molar refractivity (Wildman–Crippen MR) is 76.2 cm³/mol. The van der Waals surface area contributed by atoms with Crippen molar-refractivity contribution in [3.63, 3.8) is 0 Å². The van der Waals surface area contributed by atoms with Gasteiger partial charge in [-0.15, -0.1) is 0 Å². The van der Waals surface area contributed by atoms with E-state index in [1.54, 1.807) is 6.20 Å². The van der Waals surface area contributed by atoms with Crippen LogP contribution in [0, 0.1) is 0 Å². The molecule has 2 saturated heterocycles. The highest BCUT2D eigenvalue weighted by atomic mass is 16.2. The fourth-order valence-corrected chi connectivity index (χ4v) is 3.21. The predicted octanol–water partition coefficient (Wildman–Crippen LogP) is 1.18. The number of H-pyrrole nitrogens is 1. The summed E-state index contributed by atoms with van der Waals surface area (Å²) < 4.78 is 0. The van der Waals surface area contributed by atoms with Crippen LogP contribution in [0.2, 0.25) is 0 Å². The van der Waals surface area contributed by atoms with E-state index in [0.717, 1.165) is 25.2 Å². The molecule has 6 heteroatoms. The lowest BCUT2D eigenvalue weighted by molar-refractivity contribution is 0.125. The molecule has 110 valence electrons. The van der Waals surface area contributed by atoms with E-state index in [0.29, 0.717) is 12.6 Å². The number of nitrogens with zero attached hydrogens (tertiary/aromatic N) is 3. The van der Waals surface area contributed by atoms with E-state index in [2.05, 4.69) is 20.4 Å². The van der Waals surface area contributed by atoms with Crippen molar-refractivity contribution in [2.24, 2.45) is 0 Å². The number of carbonyl (C=O) groups excluding carboxylic acids is 1. The van der Waals surface area contributed by atoms with Crippen LogP contribution >= 0.6 is 0 Å². The van der Waals surface area contributed by atoms with Crippen molar-refractivity contribution in [2.75, 3.05) is 26.2 Å². The number of hydrogen-bond donors (Lipinski definition) is 2. The van der Waals surface area contributed by atoms with Crippen LogP contribution < -0.4 is 5.32 Å². The number of rotatable bonds is 3. The van der Waals surface area contributed by atoms with Crippen molar-refractivity contribution in [1.82, 2.24) is 25.3 Å². The Hall–Kier alpha value is -1.56. The second-order valence-corrected chi connectivity index (χ2v) is 5.73. The molecule has 0 radical (unpaired) electrons. The minimum Gasteiger partial charge on any atom is -0.332 e. The van der Waals surface area contributed by atoms with Crippen molar-refractivity contribution in [1.29, 1.82) is 0 Å². The minimum absolute atomic E-state index is 0.0449. The van der Waals surface area contributed by atoms with Gasteiger partial charge < -0.3 is 10.2 Å². The molecular weight excluding hydrogens is 254 g/mol. The summed E-state index contributed by atoms with van der Waals surface area (Å²) in [5.74, 6) is 0. The van der Waals surface area contributed by atoms with Gasteiger partial charge in [-0.2, -0.15) is 5.10 Å². The van der Waals surface area contributed by atoms with Gasteiger partial charge in [0.1, 0.15) is 0 Å². The normalized spacial score (nSPS) is 24.0. The van der Waals surface area contributed by atoms with Crippen LogP contribution in [-0.4, -0.2) is 58.2 Å². The number of carbonyl (C=O) groups is 1. The van der Waals surface area contributed by atoms with Gasteiger partial charge in [0.25, 0.3) is 0 Å². The largest absolute Gasteiger partial charge is 0.332 e. The van der Waals surface area contributed by atoms with E-state index < -0.39 is 0 Å². The molecule has 2 N–H and O–H groups in total. The summed E-state index contributed by atoms with van der Waals surface area (Å²) in [5, 5.41) is 9.70. The van der Waals surface area contributed by atoms with Crippen molar-refractivity contribution in [2.45, 2.75) is 38.3 Å². The highest BCUT2D eigenvalue weighted by Gasteiger charge is 2.29. The van der Waals surface area contributed by atoms with Crippen LogP contribution in [0.3, 0.4) is 0 Å². The Balaban J connectivity index is 1.49. The molecule has 0 bridgehead atoms. The van der Waals surface area contributed by atoms with Gasteiger partial charge in [0.15, 0.2) is 0 Å². The Morgan fingerprint density at radius 1 is 1.35 bits per heavy atom. The van der Waals surface area contributed by atoms with Crippen LogP contribution in [0.1, 0.15) is 31.4 Å². The van der Waals surface area contributed by atoms with Crippen LogP contribution in [0.25, 0.3) is 0 Å². The van der Waals surface area contributed by atoms with Gasteiger partial charge in [0.05, 0.1) is 12.2 Å². The smallest absolute Gasteiger partial charge is 0.317 e. The highest BCUT2D eigenvalue weighted by molar-refractivity contribution is 5.74. The van der Waals surface area contributed by atoms with Crippen molar-refractivity contribution < 1.29 is 4.79 Å². The molecule has 0 spiro atoms. The quantitative estimate of drug-likeness (QED) is 0.872. The molecule has 0 saturated carbocycles. The zero-order valence-electron chi connectivity index (χ0n) is 11.8. The summed E-state index contributed by atoms with van der Waals surface area (Å²) in [5.41, 5.74) is 0.937. The first kappa shape index (κ1) is 13.4. The SMILES string of the molecule is O=C(NCc1ccn[nH]1)N1CCCC(N2CCCC2)C1. The standard InChI is InChI=1S/C14H23N5O/c20-14(15-10-12-5-6-16-17-12)19-9-3-4-13(11-19)18-7-1-2-8-18/h5-6,13H,1-4,7-11H2,(H,15,20)(H,16,17). The number of hydrogen-bond acceptors (Lipinski definition) is 3. The Bertz CT molecular complexity index is 427. The first-order valence-electron chi connectivity index (χ1n) is 7.58. The van der Waals surface area contributed by atoms with Gasteiger partial charge in [-0.3, -0.25) is 10.00 Å². The second-order valence-electron chi connectivity index (χ2n) is 5.73. The number of piperidine rings is 1. The zero-order chi connectivity index (χ0) is 13.8. The van der Waals surface area contributed by atoms with Crippen LogP contribution in [0.4, 0.5) is 4.79 Å². The van der Waals surface area contributed by atoms with Crippen LogP contribution in [0.5, 0.6) is 0 Å². The average Bonchev–Trinajstić information content (AvgIpc) is 3.18. The zero-order valence-corrected chi connectivity index (χ0v) is 11.8. The molecule has 0 aromatic carbocycles. The molecule has 3 rings (SSSR count). The maximum Gasteiger partial charge on any atom is 0.317 e. The molecule has 1 unspecified atom stereocenters. The lowest BCUT2D eigenvalue weighted by Gasteiger charge is -2.37. The summed E-state index contributed by atoms with van der Waals surface area (Å²) in [7, 11) is 0. The van der Waals surface area contributed by atoms with E-state index in [-0.39, 0.29) is 6.03 Å². The van der Waals surface area contributed by atoms with E-state index in [4.69, 9.17) is 0 Å². The number of urea groups is 1. The molecule has 0 aliphatic carbocycles. The number of amides is 2. The van der Waals surface area contributed by atoms with E-state index in [9.17, 15) is 4.79 Å². The van der Waals surface area contributed by atoms with Gasteiger partial charge in [0.2, 0.25) is 0 Å². The molecule has 1 atom stereocenters. The third kappa shape index (κ3) is 3.12. The summed E-state index contributed by atoms with van der Waals surface area (Å²) in [6, 6.07) is 2.48. The second kappa shape index (κ2) is 6.26. The molecule has 2 fully saturated rings. The monoisotopic (exact) mass is 277 g/mol. The van der Waals surface area contributed by atoms with E-state index in [1.165, 1.54) is 32.4 Å². The highest BCUT2D eigenvalue weighted by Crippen LogP contribution is 2.20. The molecule has 1 aromatic heterocycles.